The first-order chi connectivity index (χ1) is 14.7. The minimum absolute atomic E-state index is 0.000930. The highest BCUT2D eigenvalue weighted by Gasteiger charge is 2.50. The third-order valence-corrected chi connectivity index (χ3v) is 8.50. The van der Waals surface area contributed by atoms with E-state index in [0.717, 1.165) is 10.3 Å². The van der Waals surface area contributed by atoms with Crippen LogP contribution in [-0.2, 0) is 13.8 Å². The third kappa shape index (κ3) is 4.56. The van der Waals surface area contributed by atoms with Gasteiger partial charge >= 0.3 is 13.3 Å². The summed E-state index contributed by atoms with van der Waals surface area (Å²) in [4.78, 5) is 29.8. The number of aliphatic hydroxyl groups excluding tert-OH is 2. The van der Waals surface area contributed by atoms with Crippen LogP contribution >= 0.6 is 7.60 Å². The van der Waals surface area contributed by atoms with Crippen molar-refractivity contribution in [1.29, 1.82) is 0 Å². The standard InChI is InChI=1S/C20H32N3O8P/c1-6-19(4,31-32(28,29)20(5,27)7-2)9-13-14(24)15(25)17(30-13)23-10-12-8-11(3)21-16(12)22-18(23)26/h8,10,13-15,17,24-25,27H,6-7,9H2,1-5H3,(H,28,29)(H,21,22,26)/t13-,14-,15-,17-,19-,20?/m1/s1. The SMILES string of the molecule is CCC(C)(O)P(=O)(O)O[C@](C)(CC)C[C@H]1O[C@@H](n2cc3cc(C)[nH]c3nc2=O)[C@H](O)[C@@H]1O. The van der Waals surface area contributed by atoms with Crippen LogP contribution in [0, 0.1) is 6.92 Å². The lowest BCUT2D eigenvalue weighted by atomic mass is 9.93. The number of aliphatic hydroxyl groups is 3. The van der Waals surface area contributed by atoms with Crippen LogP contribution in [0.2, 0.25) is 0 Å². The van der Waals surface area contributed by atoms with Crippen LogP contribution < -0.4 is 5.69 Å². The molecule has 2 unspecified atom stereocenters. The van der Waals surface area contributed by atoms with Gasteiger partial charge in [0.2, 0.25) is 0 Å². The molecular weight excluding hydrogens is 441 g/mol. The number of nitrogens with zero attached hydrogens (tertiary/aromatic N) is 2. The fourth-order valence-electron chi connectivity index (χ4n) is 3.72. The molecule has 3 rings (SSSR count). The summed E-state index contributed by atoms with van der Waals surface area (Å²) in [7, 11) is -4.44. The Hall–Kier alpha value is -1.59. The van der Waals surface area contributed by atoms with Crippen molar-refractivity contribution in [3.63, 3.8) is 0 Å². The molecule has 0 amide bonds. The molecule has 180 valence electrons. The number of ether oxygens (including phenoxy) is 1. The molecule has 5 N–H and O–H groups in total. The van der Waals surface area contributed by atoms with Crippen molar-refractivity contribution in [2.75, 3.05) is 0 Å². The van der Waals surface area contributed by atoms with Gasteiger partial charge in [0.25, 0.3) is 0 Å². The van der Waals surface area contributed by atoms with E-state index in [1.54, 1.807) is 26.8 Å². The summed E-state index contributed by atoms with van der Waals surface area (Å²) in [5, 5.41) is 30.2. The van der Waals surface area contributed by atoms with E-state index in [9.17, 15) is 29.6 Å². The summed E-state index contributed by atoms with van der Waals surface area (Å²) in [6.07, 6.45) is -3.31. The number of H-pyrrole nitrogens is 1. The minimum atomic E-state index is -4.44. The number of hydrogen-bond acceptors (Lipinski definition) is 8. The van der Waals surface area contributed by atoms with Gasteiger partial charge in [0, 0.05) is 23.7 Å². The van der Waals surface area contributed by atoms with Crippen LogP contribution in [0.5, 0.6) is 0 Å². The van der Waals surface area contributed by atoms with Crippen LogP contribution in [-0.4, -0.2) is 64.0 Å². The average molecular weight is 473 g/mol. The van der Waals surface area contributed by atoms with E-state index < -0.39 is 48.8 Å². The zero-order valence-electron chi connectivity index (χ0n) is 18.8. The van der Waals surface area contributed by atoms with E-state index in [-0.39, 0.29) is 19.3 Å². The topological polar surface area (TPSA) is 167 Å². The molecule has 0 aromatic carbocycles. The maximum absolute atomic E-state index is 12.7. The summed E-state index contributed by atoms with van der Waals surface area (Å²) in [6, 6.07) is 1.79. The van der Waals surface area contributed by atoms with Crippen molar-refractivity contribution in [2.45, 2.75) is 89.4 Å². The fraction of sp³-hybridized carbons (Fsp3) is 0.700. The van der Waals surface area contributed by atoms with Gasteiger partial charge in [-0.15, -0.1) is 0 Å². The van der Waals surface area contributed by atoms with Crippen molar-refractivity contribution in [3.05, 3.63) is 28.4 Å². The Morgan fingerprint density at radius 3 is 2.53 bits per heavy atom. The second-order valence-electron chi connectivity index (χ2n) is 8.92. The highest BCUT2D eigenvalue weighted by atomic mass is 31.2. The van der Waals surface area contributed by atoms with Crippen molar-refractivity contribution in [2.24, 2.45) is 0 Å². The van der Waals surface area contributed by atoms with Gasteiger partial charge in [-0.25, -0.2) is 4.79 Å². The van der Waals surface area contributed by atoms with E-state index in [1.165, 1.54) is 13.1 Å². The number of aromatic amines is 1. The molecule has 12 heteroatoms. The Labute approximate surface area is 185 Å². The Kier molecular flexibility index (Phi) is 6.76. The largest absolute Gasteiger partial charge is 0.388 e. The molecule has 1 aliphatic heterocycles. The van der Waals surface area contributed by atoms with Gasteiger partial charge in [-0.05, 0) is 39.7 Å². The molecule has 2 aromatic heterocycles. The molecule has 0 saturated carbocycles. The van der Waals surface area contributed by atoms with E-state index in [2.05, 4.69) is 9.97 Å². The van der Waals surface area contributed by atoms with Gasteiger partial charge in [-0.3, -0.25) is 9.13 Å². The monoisotopic (exact) mass is 473 g/mol. The molecule has 1 saturated heterocycles. The van der Waals surface area contributed by atoms with Crippen LogP contribution in [0.15, 0.2) is 17.1 Å². The second kappa shape index (κ2) is 8.64. The van der Waals surface area contributed by atoms with Crippen molar-refractivity contribution in [1.82, 2.24) is 14.5 Å². The summed E-state index contributed by atoms with van der Waals surface area (Å²) in [6.45, 7) is 7.91. The maximum atomic E-state index is 12.7. The predicted octanol–water partition coefficient (Wildman–Crippen LogP) is 1.53. The molecule has 3 heterocycles. The fourth-order valence-corrected chi connectivity index (χ4v) is 5.12. The number of nitrogens with one attached hydrogen (secondary N) is 1. The lowest BCUT2D eigenvalue weighted by molar-refractivity contribution is -0.0712. The second-order valence-corrected chi connectivity index (χ2v) is 11.1. The van der Waals surface area contributed by atoms with Crippen LogP contribution in [0.4, 0.5) is 0 Å². The molecule has 0 aliphatic carbocycles. The van der Waals surface area contributed by atoms with Gasteiger partial charge in [-0.2, -0.15) is 4.98 Å². The molecule has 0 radical (unpaired) electrons. The first kappa shape index (κ1) is 25.0. The number of rotatable bonds is 8. The van der Waals surface area contributed by atoms with Crippen LogP contribution in [0.3, 0.4) is 0 Å². The van der Waals surface area contributed by atoms with Gasteiger partial charge in [0.1, 0.15) is 17.9 Å². The van der Waals surface area contributed by atoms with Crippen molar-refractivity contribution in [3.8, 4) is 0 Å². The molecule has 0 bridgehead atoms. The Morgan fingerprint density at radius 2 is 1.94 bits per heavy atom. The van der Waals surface area contributed by atoms with E-state index in [1.807, 2.05) is 6.92 Å². The summed E-state index contributed by atoms with van der Waals surface area (Å²) in [5.74, 6) is 0. The van der Waals surface area contributed by atoms with Crippen LogP contribution in [0.25, 0.3) is 11.0 Å². The van der Waals surface area contributed by atoms with Gasteiger partial charge < -0.3 is 34.5 Å². The van der Waals surface area contributed by atoms with E-state index >= 15 is 0 Å². The Balaban J connectivity index is 1.85. The molecule has 2 aromatic rings. The van der Waals surface area contributed by atoms with Crippen LogP contribution in [0.1, 0.15) is 58.9 Å². The van der Waals surface area contributed by atoms with Gasteiger partial charge in [-0.1, -0.05) is 13.8 Å². The number of fused-ring (bicyclic) bond motifs is 1. The predicted molar refractivity (Wildman–Crippen MR) is 116 cm³/mol. The summed E-state index contributed by atoms with van der Waals surface area (Å²) < 4.78 is 25.1. The molecule has 7 atom stereocenters. The highest BCUT2D eigenvalue weighted by Crippen LogP contribution is 2.59. The quantitative estimate of drug-likeness (QED) is 0.357. The van der Waals surface area contributed by atoms with Crippen molar-refractivity contribution >= 4 is 18.6 Å². The molecular formula is C20H32N3O8P. The normalized spacial score (nSPS) is 29.5. The molecule has 32 heavy (non-hydrogen) atoms. The number of hydrogen-bond donors (Lipinski definition) is 5. The molecule has 1 aliphatic rings. The molecule has 11 nitrogen and oxygen atoms in total. The zero-order valence-corrected chi connectivity index (χ0v) is 19.7. The lowest BCUT2D eigenvalue weighted by Gasteiger charge is -2.37. The third-order valence-electron chi connectivity index (χ3n) is 6.28. The van der Waals surface area contributed by atoms with Crippen molar-refractivity contribution < 1.29 is 34.0 Å². The lowest BCUT2D eigenvalue weighted by Crippen LogP contribution is -2.40. The molecule has 0 spiro atoms. The molecule has 1 fully saturated rings. The smallest absolute Gasteiger partial charge is 0.359 e. The van der Waals surface area contributed by atoms with Gasteiger partial charge in [0.05, 0.1) is 11.7 Å². The highest BCUT2D eigenvalue weighted by molar-refractivity contribution is 7.54. The Morgan fingerprint density at radius 1 is 1.28 bits per heavy atom. The summed E-state index contributed by atoms with van der Waals surface area (Å²) >= 11 is 0. The Bertz CT molecular complexity index is 1080. The first-order valence-corrected chi connectivity index (χ1v) is 12.2. The van der Waals surface area contributed by atoms with E-state index in [4.69, 9.17) is 9.26 Å². The maximum Gasteiger partial charge on any atom is 0.359 e. The number of aromatic nitrogens is 3. The summed E-state index contributed by atoms with van der Waals surface area (Å²) in [5.41, 5.74) is -0.705. The average Bonchev–Trinajstić information content (AvgIpc) is 3.19. The van der Waals surface area contributed by atoms with E-state index in [0.29, 0.717) is 11.0 Å². The zero-order chi connectivity index (χ0) is 24.1. The minimum Gasteiger partial charge on any atom is -0.388 e. The van der Waals surface area contributed by atoms with Gasteiger partial charge in [0.15, 0.2) is 11.6 Å². The first-order valence-electron chi connectivity index (χ1n) is 10.6. The number of aryl methyl sites for hydroxylation is 1.